The van der Waals surface area contributed by atoms with Crippen LogP contribution in [-0.2, 0) is 6.54 Å². The highest BCUT2D eigenvalue weighted by Crippen LogP contribution is 2.13. The van der Waals surface area contributed by atoms with Crippen LogP contribution in [0.5, 0.6) is 5.75 Å². The smallest absolute Gasteiger partial charge is 0.254 e. The van der Waals surface area contributed by atoms with Crippen molar-refractivity contribution < 1.29 is 14.4 Å². The van der Waals surface area contributed by atoms with Gasteiger partial charge in [0.05, 0.1) is 33.3 Å². The second-order valence-corrected chi connectivity index (χ2v) is 6.43. The van der Waals surface area contributed by atoms with Crippen molar-refractivity contribution in [2.45, 2.75) is 13.5 Å². The topological polar surface area (TPSA) is 34.0 Å². The Morgan fingerprint density at radius 1 is 1.04 bits per heavy atom. The number of hydrogen-bond donors (Lipinski definition) is 1. The van der Waals surface area contributed by atoms with Gasteiger partial charge in [0.15, 0.2) is 0 Å². The van der Waals surface area contributed by atoms with Gasteiger partial charge in [0.2, 0.25) is 0 Å². The van der Waals surface area contributed by atoms with E-state index in [4.69, 9.17) is 4.74 Å². The average molecular weight is 325 g/mol. The monoisotopic (exact) mass is 325 g/mol. The number of nitrogens with zero attached hydrogens (tertiary/aromatic N) is 1. The maximum atomic E-state index is 12.6. The molecule has 1 saturated heterocycles. The minimum atomic E-state index is 0.118. The molecule has 2 aromatic carbocycles. The molecule has 0 bridgehead atoms. The van der Waals surface area contributed by atoms with Crippen LogP contribution in [0.4, 0.5) is 0 Å². The molecule has 0 spiro atoms. The second-order valence-electron chi connectivity index (χ2n) is 6.43. The van der Waals surface area contributed by atoms with Gasteiger partial charge >= 0.3 is 0 Å². The molecule has 0 aliphatic carbocycles. The lowest BCUT2D eigenvalue weighted by Gasteiger charge is -2.32. The molecule has 0 aromatic heterocycles. The number of hydrogen-bond acceptors (Lipinski definition) is 2. The van der Waals surface area contributed by atoms with E-state index in [1.165, 1.54) is 16.0 Å². The van der Waals surface area contributed by atoms with Gasteiger partial charge in [-0.2, -0.15) is 0 Å². The Balaban J connectivity index is 1.54. The van der Waals surface area contributed by atoms with Crippen molar-refractivity contribution in [1.82, 2.24) is 4.90 Å². The molecule has 0 saturated carbocycles. The zero-order valence-corrected chi connectivity index (χ0v) is 14.4. The number of carbonyl (C=O) groups is 1. The minimum absolute atomic E-state index is 0.118. The molecule has 126 valence electrons. The van der Waals surface area contributed by atoms with E-state index < -0.39 is 0 Å². The average Bonchev–Trinajstić information content (AvgIpc) is 2.64. The van der Waals surface area contributed by atoms with E-state index in [1.807, 2.05) is 29.2 Å². The lowest BCUT2D eigenvalue weighted by atomic mass is 10.1. The second kappa shape index (κ2) is 7.49. The maximum absolute atomic E-state index is 12.6. The molecule has 3 rings (SSSR count). The Bertz CT molecular complexity index is 672. The molecule has 0 atom stereocenters. The molecule has 2 aromatic rings. The first-order valence-corrected chi connectivity index (χ1v) is 8.48. The van der Waals surface area contributed by atoms with Gasteiger partial charge in [0.25, 0.3) is 5.91 Å². The molecule has 1 fully saturated rings. The van der Waals surface area contributed by atoms with Crippen molar-refractivity contribution in [3.63, 3.8) is 0 Å². The fourth-order valence-electron chi connectivity index (χ4n) is 3.11. The summed E-state index contributed by atoms with van der Waals surface area (Å²) in [6.45, 7) is 6.76. The maximum Gasteiger partial charge on any atom is 0.254 e. The van der Waals surface area contributed by atoms with Gasteiger partial charge in [-0.25, -0.2) is 0 Å². The molecule has 24 heavy (non-hydrogen) atoms. The summed E-state index contributed by atoms with van der Waals surface area (Å²) in [7, 11) is 1.63. The molecule has 0 radical (unpaired) electrons. The number of carbonyl (C=O) groups excluding carboxylic acids is 1. The predicted molar refractivity (Wildman–Crippen MR) is 94.5 cm³/mol. The minimum Gasteiger partial charge on any atom is -0.497 e. The normalized spacial score (nSPS) is 15.3. The number of rotatable bonds is 4. The summed E-state index contributed by atoms with van der Waals surface area (Å²) < 4.78 is 5.14. The molecule has 1 aliphatic heterocycles. The summed E-state index contributed by atoms with van der Waals surface area (Å²) in [6, 6.07) is 16.1. The van der Waals surface area contributed by atoms with E-state index in [0.29, 0.717) is 0 Å². The standard InChI is InChI=1S/C20H24N2O2/c1-16-3-5-17(6-4-16)15-21-11-13-22(14-12-21)20(23)18-7-9-19(24-2)10-8-18/h3-10H,11-15H2,1-2H3/p+1. The number of quaternary nitrogens is 1. The number of amides is 1. The molecular formula is C20H25N2O2+. The molecule has 1 heterocycles. The number of benzene rings is 2. The van der Waals surface area contributed by atoms with Gasteiger partial charge in [-0.05, 0) is 31.2 Å². The molecule has 4 heteroatoms. The van der Waals surface area contributed by atoms with Crippen molar-refractivity contribution in [3.8, 4) is 5.75 Å². The molecule has 0 unspecified atom stereocenters. The van der Waals surface area contributed by atoms with Crippen LogP contribution >= 0.6 is 0 Å². The van der Waals surface area contributed by atoms with E-state index in [9.17, 15) is 4.79 Å². The number of methoxy groups -OCH3 is 1. The van der Waals surface area contributed by atoms with E-state index in [0.717, 1.165) is 44.0 Å². The van der Waals surface area contributed by atoms with E-state index in [-0.39, 0.29) is 5.91 Å². The number of ether oxygens (including phenoxy) is 1. The lowest BCUT2D eigenvalue weighted by molar-refractivity contribution is -0.917. The molecule has 4 nitrogen and oxygen atoms in total. The summed E-state index contributed by atoms with van der Waals surface area (Å²) in [5.74, 6) is 0.894. The van der Waals surface area contributed by atoms with Crippen LogP contribution in [0.25, 0.3) is 0 Å². The first-order valence-electron chi connectivity index (χ1n) is 8.48. The first kappa shape index (κ1) is 16.5. The molecular weight excluding hydrogens is 300 g/mol. The summed E-state index contributed by atoms with van der Waals surface area (Å²) in [5.41, 5.74) is 3.40. The van der Waals surface area contributed by atoms with Crippen molar-refractivity contribution in [2.24, 2.45) is 0 Å². The van der Waals surface area contributed by atoms with Crippen LogP contribution < -0.4 is 9.64 Å². The highest BCUT2D eigenvalue weighted by Gasteiger charge is 2.24. The third-order valence-electron chi connectivity index (χ3n) is 4.67. The lowest BCUT2D eigenvalue weighted by Crippen LogP contribution is -3.13. The van der Waals surface area contributed by atoms with Crippen molar-refractivity contribution >= 4 is 5.91 Å². The Labute approximate surface area is 143 Å². The van der Waals surface area contributed by atoms with Crippen LogP contribution in [0.3, 0.4) is 0 Å². The van der Waals surface area contributed by atoms with Crippen LogP contribution in [-0.4, -0.2) is 44.1 Å². The highest BCUT2D eigenvalue weighted by molar-refractivity contribution is 5.94. The van der Waals surface area contributed by atoms with Gasteiger partial charge in [-0.1, -0.05) is 29.8 Å². The van der Waals surface area contributed by atoms with Crippen LogP contribution in [0, 0.1) is 6.92 Å². The zero-order valence-electron chi connectivity index (χ0n) is 14.4. The highest BCUT2D eigenvalue weighted by atomic mass is 16.5. The summed E-state index contributed by atoms with van der Waals surface area (Å²) >= 11 is 0. The van der Waals surface area contributed by atoms with Gasteiger partial charge < -0.3 is 14.5 Å². The Hall–Kier alpha value is -2.33. The third kappa shape index (κ3) is 3.95. The van der Waals surface area contributed by atoms with Crippen molar-refractivity contribution in [3.05, 3.63) is 65.2 Å². The van der Waals surface area contributed by atoms with Crippen LogP contribution in [0.2, 0.25) is 0 Å². The quantitative estimate of drug-likeness (QED) is 0.925. The van der Waals surface area contributed by atoms with Gasteiger partial charge in [-0.3, -0.25) is 4.79 Å². The van der Waals surface area contributed by atoms with Gasteiger partial charge in [0.1, 0.15) is 12.3 Å². The largest absolute Gasteiger partial charge is 0.497 e. The Morgan fingerprint density at radius 2 is 1.67 bits per heavy atom. The number of aryl methyl sites for hydroxylation is 1. The number of nitrogens with one attached hydrogen (secondary N) is 1. The van der Waals surface area contributed by atoms with E-state index >= 15 is 0 Å². The van der Waals surface area contributed by atoms with Gasteiger partial charge in [0, 0.05) is 11.1 Å². The van der Waals surface area contributed by atoms with Crippen molar-refractivity contribution in [2.75, 3.05) is 33.3 Å². The molecule has 1 amide bonds. The molecule has 1 aliphatic rings. The summed E-state index contributed by atoms with van der Waals surface area (Å²) in [4.78, 5) is 16.1. The van der Waals surface area contributed by atoms with Crippen molar-refractivity contribution in [1.29, 1.82) is 0 Å². The van der Waals surface area contributed by atoms with Crippen LogP contribution in [0.15, 0.2) is 48.5 Å². The van der Waals surface area contributed by atoms with E-state index in [2.05, 4.69) is 31.2 Å². The first-order chi connectivity index (χ1) is 11.7. The van der Waals surface area contributed by atoms with E-state index in [1.54, 1.807) is 7.11 Å². The zero-order chi connectivity index (χ0) is 16.9. The Morgan fingerprint density at radius 3 is 2.25 bits per heavy atom. The predicted octanol–water partition coefficient (Wildman–Crippen LogP) is 1.54. The van der Waals surface area contributed by atoms with Crippen LogP contribution in [0.1, 0.15) is 21.5 Å². The number of piperazine rings is 1. The summed E-state index contributed by atoms with van der Waals surface area (Å²) in [6.07, 6.45) is 0. The summed E-state index contributed by atoms with van der Waals surface area (Å²) in [5, 5.41) is 0. The molecule has 1 N–H and O–H groups in total. The fourth-order valence-corrected chi connectivity index (χ4v) is 3.11. The van der Waals surface area contributed by atoms with Gasteiger partial charge in [-0.15, -0.1) is 0 Å². The Kier molecular flexibility index (Phi) is 5.16. The fraction of sp³-hybridized carbons (Fsp3) is 0.350. The SMILES string of the molecule is COc1ccc(C(=O)N2CC[NH+](Cc3ccc(C)cc3)CC2)cc1. The third-order valence-corrected chi connectivity index (χ3v) is 4.67.